The number of fused-ring (bicyclic) bond motifs is 1. The van der Waals surface area contributed by atoms with Crippen LogP contribution in [0.15, 0.2) is 11.6 Å². The minimum atomic E-state index is 0.627. The monoisotopic (exact) mass is 206 g/mol. The molecular weight excluding hydrogens is 180 g/mol. The van der Waals surface area contributed by atoms with Crippen LogP contribution in [0.25, 0.3) is 0 Å². The lowest BCUT2D eigenvalue weighted by atomic mass is 9.42. The van der Waals surface area contributed by atoms with Crippen molar-refractivity contribution in [2.45, 2.75) is 53.9 Å². The molecule has 3 rings (SSSR count). The summed E-state index contributed by atoms with van der Waals surface area (Å²) in [5, 5.41) is 0. The first kappa shape index (κ1) is 11.2. The SMILES string of the molecule is CCC(C(C)C)C1(C)C2CC=C(C)C1C2. The first-order valence-corrected chi connectivity index (χ1v) is 6.68. The normalized spacial score (nSPS) is 41.1. The third kappa shape index (κ3) is 1.40. The Balaban J connectivity index is 2.25. The van der Waals surface area contributed by atoms with Gasteiger partial charge in [0.05, 0.1) is 0 Å². The lowest BCUT2D eigenvalue weighted by Gasteiger charge is -2.62. The summed E-state index contributed by atoms with van der Waals surface area (Å²) in [6.45, 7) is 12.1. The van der Waals surface area contributed by atoms with Crippen molar-refractivity contribution < 1.29 is 0 Å². The van der Waals surface area contributed by atoms with Crippen LogP contribution in [0.4, 0.5) is 0 Å². The first-order chi connectivity index (χ1) is 7.01. The van der Waals surface area contributed by atoms with E-state index in [-0.39, 0.29) is 0 Å². The number of hydrogen-bond donors (Lipinski definition) is 0. The molecule has 0 aliphatic heterocycles. The van der Waals surface area contributed by atoms with Crippen LogP contribution in [0.1, 0.15) is 53.9 Å². The van der Waals surface area contributed by atoms with E-state index in [0.29, 0.717) is 5.41 Å². The van der Waals surface area contributed by atoms with Gasteiger partial charge in [-0.2, -0.15) is 0 Å². The molecule has 0 aromatic rings. The summed E-state index contributed by atoms with van der Waals surface area (Å²) >= 11 is 0. The van der Waals surface area contributed by atoms with Gasteiger partial charge >= 0.3 is 0 Å². The van der Waals surface area contributed by atoms with Crippen molar-refractivity contribution in [1.82, 2.24) is 0 Å². The Morgan fingerprint density at radius 3 is 2.53 bits per heavy atom. The highest BCUT2D eigenvalue weighted by molar-refractivity contribution is 5.23. The molecule has 0 spiro atoms. The number of hydrogen-bond acceptors (Lipinski definition) is 0. The lowest BCUT2D eigenvalue weighted by molar-refractivity contribution is -0.0940. The highest BCUT2D eigenvalue weighted by atomic mass is 14.6. The molecule has 0 aromatic carbocycles. The Hall–Kier alpha value is -0.260. The van der Waals surface area contributed by atoms with Crippen molar-refractivity contribution in [2.75, 3.05) is 0 Å². The molecule has 0 N–H and O–H groups in total. The third-order valence-corrected chi connectivity index (χ3v) is 5.47. The fourth-order valence-electron chi connectivity index (χ4n) is 4.60. The molecule has 2 bridgehead atoms. The van der Waals surface area contributed by atoms with Crippen molar-refractivity contribution in [3.63, 3.8) is 0 Å². The first-order valence-electron chi connectivity index (χ1n) is 6.68. The predicted octanol–water partition coefficient (Wildman–Crippen LogP) is 4.66. The Morgan fingerprint density at radius 2 is 2.13 bits per heavy atom. The molecule has 3 aliphatic rings. The number of rotatable bonds is 3. The molecule has 0 nitrogen and oxygen atoms in total. The van der Waals surface area contributed by atoms with Gasteiger partial charge in [0.15, 0.2) is 0 Å². The van der Waals surface area contributed by atoms with Crippen LogP contribution in [0.5, 0.6) is 0 Å². The van der Waals surface area contributed by atoms with Crippen LogP contribution in [-0.4, -0.2) is 0 Å². The minimum absolute atomic E-state index is 0.627. The summed E-state index contributed by atoms with van der Waals surface area (Å²) in [6.07, 6.45) is 6.67. The van der Waals surface area contributed by atoms with Crippen LogP contribution in [0, 0.1) is 29.1 Å². The Kier molecular flexibility index (Phi) is 2.73. The van der Waals surface area contributed by atoms with Crippen LogP contribution >= 0.6 is 0 Å². The Bertz CT molecular complexity index is 274. The van der Waals surface area contributed by atoms with E-state index in [1.807, 2.05) is 0 Å². The second-order valence-electron chi connectivity index (χ2n) is 6.29. The summed E-state index contributed by atoms with van der Waals surface area (Å²) < 4.78 is 0. The Labute approximate surface area is 95.1 Å². The maximum atomic E-state index is 2.57. The van der Waals surface area contributed by atoms with Crippen molar-refractivity contribution in [3.8, 4) is 0 Å². The smallest absolute Gasteiger partial charge is 0.0144 e. The van der Waals surface area contributed by atoms with Crippen molar-refractivity contribution >= 4 is 0 Å². The Morgan fingerprint density at radius 1 is 1.47 bits per heavy atom. The van der Waals surface area contributed by atoms with Gasteiger partial charge in [0.2, 0.25) is 0 Å². The number of allylic oxidation sites excluding steroid dienone is 2. The van der Waals surface area contributed by atoms with Crippen molar-refractivity contribution in [1.29, 1.82) is 0 Å². The highest BCUT2D eigenvalue weighted by Crippen LogP contribution is 2.64. The van der Waals surface area contributed by atoms with Crippen LogP contribution in [0.3, 0.4) is 0 Å². The minimum Gasteiger partial charge on any atom is -0.0850 e. The summed E-state index contributed by atoms with van der Waals surface area (Å²) in [4.78, 5) is 0. The second kappa shape index (κ2) is 3.64. The largest absolute Gasteiger partial charge is 0.0850 e. The van der Waals surface area contributed by atoms with Crippen LogP contribution < -0.4 is 0 Å². The molecule has 4 unspecified atom stereocenters. The topological polar surface area (TPSA) is 0 Å². The molecule has 0 radical (unpaired) electrons. The van der Waals surface area contributed by atoms with Gasteiger partial charge in [-0.3, -0.25) is 0 Å². The maximum Gasteiger partial charge on any atom is -0.0144 e. The van der Waals surface area contributed by atoms with E-state index in [4.69, 9.17) is 0 Å². The molecule has 1 fully saturated rings. The van der Waals surface area contributed by atoms with E-state index >= 15 is 0 Å². The molecule has 0 amide bonds. The molecule has 0 heteroatoms. The van der Waals surface area contributed by atoms with E-state index < -0.39 is 0 Å². The average molecular weight is 206 g/mol. The molecule has 0 saturated heterocycles. The molecule has 0 aromatic heterocycles. The summed E-state index contributed by atoms with van der Waals surface area (Å²) in [6, 6.07) is 0. The predicted molar refractivity (Wildman–Crippen MR) is 66.7 cm³/mol. The zero-order valence-corrected chi connectivity index (χ0v) is 11.0. The molecule has 3 aliphatic carbocycles. The van der Waals surface area contributed by atoms with Gasteiger partial charge in [-0.05, 0) is 48.9 Å². The van der Waals surface area contributed by atoms with Gasteiger partial charge < -0.3 is 0 Å². The average Bonchev–Trinajstić information content (AvgIpc) is 2.17. The summed E-state index contributed by atoms with van der Waals surface area (Å²) in [5.74, 6) is 3.66. The van der Waals surface area contributed by atoms with E-state index in [9.17, 15) is 0 Å². The fraction of sp³-hybridized carbons (Fsp3) is 0.867. The highest BCUT2D eigenvalue weighted by Gasteiger charge is 2.56. The molecule has 4 atom stereocenters. The third-order valence-electron chi connectivity index (χ3n) is 5.47. The van der Waals surface area contributed by atoms with Crippen LogP contribution in [-0.2, 0) is 0 Å². The van der Waals surface area contributed by atoms with E-state index in [1.165, 1.54) is 19.3 Å². The lowest BCUT2D eigenvalue weighted by Crippen LogP contribution is -2.55. The van der Waals surface area contributed by atoms with Gasteiger partial charge in [-0.25, -0.2) is 0 Å². The molecule has 0 heterocycles. The van der Waals surface area contributed by atoms with Crippen LogP contribution in [0.2, 0.25) is 0 Å². The van der Waals surface area contributed by atoms with Crippen molar-refractivity contribution in [3.05, 3.63) is 11.6 Å². The maximum absolute atomic E-state index is 2.57. The van der Waals surface area contributed by atoms with E-state index in [2.05, 4.69) is 40.7 Å². The van der Waals surface area contributed by atoms with E-state index in [1.54, 1.807) is 5.57 Å². The zero-order valence-electron chi connectivity index (χ0n) is 11.0. The van der Waals surface area contributed by atoms with Crippen molar-refractivity contribution in [2.24, 2.45) is 29.1 Å². The van der Waals surface area contributed by atoms with Gasteiger partial charge in [-0.15, -0.1) is 0 Å². The van der Waals surface area contributed by atoms with E-state index in [0.717, 1.165) is 23.7 Å². The summed E-state index contributed by atoms with van der Waals surface area (Å²) in [5.41, 5.74) is 2.31. The van der Waals surface area contributed by atoms with Gasteiger partial charge in [-0.1, -0.05) is 45.8 Å². The van der Waals surface area contributed by atoms with Gasteiger partial charge in [0.25, 0.3) is 0 Å². The standard InChI is InChI=1S/C15H26/c1-6-13(10(2)3)15(5)12-8-7-11(4)14(15)9-12/h7,10,12-14H,6,8-9H2,1-5H3. The molecule has 86 valence electrons. The second-order valence-corrected chi connectivity index (χ2v) is 6.29. The molecule has 1 saturated carbocycles. The zero-order chi connectivity index (χ0) is 11.2. The quantitative estimate of drug-likeness (QED) is 0.589. The van der Waals surface area contributed by atoms with Gasteiger partial charge in [0.1, 0.15) is 0 Å². The van der Waals surface area contributed by atoms with Gasteiger partial charge in [0, 0.05) is 0 Å². The molecular formula is C15H26. The molecule has 15 heavy (non-hydrogen) atoms. The fourth-order valence-corrected chi connectivity index (χ4v) is 4.60. The summed E-state index contributed by atoms with van der Waals surface area (Å²) in [7, 11) is 0.